The van der Waals surface area contributed by atoms with Crippen LogP contribution in [0.25, 0.3) is 5.69 Å². The minimum absolute atomic E-state index is 0.161. The number of pyridine rings is 1. The van der Waals surface area contributed by atoms with Gasteiger partial charge in [0.2, 0.25) is 5.91 Å². The molecule has 0 bridgehead atoms. The van der Waals surface area contributed by atoms with Gasteiger partial charge in [-0.3, -0.25) is 9.59 Å². The molecule has 2 amide bonds. The van der Waals surface area contributed by atoms with Crippen molar-refractivity contribution in [3.05, 3.63) is 71.7 Å². The number of aromatic nitrogens is 3. The molecule has 26 heavy (non-hydrogen) atoms. The van der Waals surface area contributed by atoms with Crippen LogP contribution in [0.5, 0.6) is 0 Å². The highest BCUT2D eigenvalue weighted by atomic mass is 16.2. The molecule has 1 aromatic carbocycles. The van der Waals surface area contributed by atoms with Crippen molar-refractivity contribution < 1.29 is 9.59 Å². The molecule has 7 heteroatoms. The second-order valence-electron chi connectivity index (χ2n) is 5.86. The number of amides is 2. The molecule has 0 aliphatic heterocycles. The molecule has 3 aromatic rings. The zero-order chi connectivity index (χ0) is 18.5. The van der Waals surface area contributed by atoms with Crippen molar-refractivity contribution >= 4 is 17.6 Å². The second-order valence-corrected chi connectivity index (χ2v) is 5.86. The van der Waals surface area contributed by atoms with Gasteiger partial charge in [0.1, 0.15) is 5.82 Å². The predicted molar refractivity (Wildman–Crippen MR) is 98.2 cm³/mol. The zero-order valence-corrected chi connectivity index (χ0v) is 14.6. The summed E-state index contributed by atoms with van der Waals surface area (Å²) in [5.74, 6) is -0.326. The number of benzene rings is 1. The molecule has 2 aromatic heterocycles. The molecule has 0 unspecified atom stereocenters. The highest BCUT2D eigenvalue weighted by Crippen LogP contribution is 2.13. The Labute approximate surface area is 151 Å². The van der Waals surface area contributed by atoms with Gasteiger partial charge >= 0.3 is 0 Å². The number of hydrogen-bond donors (Lipinski definition) is 2. The molecule has 0 saturated carbocycles. The van der Waals surface area contributed by atoms with Gasteiger partial charge in [0.05, 0.1) is 12.2 Å². The van der Waals surface area contributed by atoms with E-state index in [1.807, 2.05) is 38.1 Å². The largest absolute Gasteiger partial charge is 0.342 e. The molecular formula is C19H19N5O2. The Balaban J connectivity index is 1.62. The predicted octanol–water partition coefficient (Wildman–Crippen LogP) is 2.25. The number of nitrogens with one attached hydrogen (secondary N) is 2. The minimum Gasteiger partial charge on any atom is -0.342 e. The number of hydrogen-bond acceptors (Lipinski definition) is 4. The van der Waals surface area contributed by atoms with Gasteiger partial charge in [-0.2, -0.15) is 5.10 Å². The Morgan fingerprint density at radius 2 is 1.85 bits per heavy atom. The summed E-state index contributed by atoms with van der Waals surface area (Å²) < 4.78 is 1.70. The average Bonchev–Trinajstić information content (AvgIpc) is 3.03. The standard InChI is InChI=1S/C19H19N5O2/c1-13-6-8-15(9-7-13)24-14(2)11-16(23-24)19(26)21-12-18(25)22-17-5-3-4-10-20-17/h3-11H,12H2,1-2H3,(H,21,26)(H,20,22,25). The van der Waals surface area contributed by atoms with Crippen LogP contribution >= 0.6 is 0 Å². The van der Waals surface area contributed by atoms with Gasteiger partial charge in [-0.15, -0.1) is 0 Å². The third-order valence-electron chi connectivity index (χ3n) is 3.74. The summed E-state index contributed by atoms with van der Waals surface area (Å²) in [5, 5.41) is 9.50. The number of rotatable bonds is 5. The summed E-state index contributed by atoms with van der Waals surface area (Å²) in [6.07, 6.45) is 1.58. The van der Waals surface area contributed by atoms with E-state index in [-0.39, 0.29) is 18.1 Å². The monoisotopic (exact) mass is 349 g/mol. The van der Waals surface area contributed by atoms with Crippen molar-refractivity contribution in [2.24, 2.45) is 0 Å². The molecule has 0 fully saturated rings. The highest BCUT2D eigenvalue weighted by molar-refractivity contribution is 5.98. The maximum atomic E-state index is 12.3. The SMILES string of the molecule is Cc1ccc(-n2nc(C(=O)NCC(=O)Nc3ccccn3)cc2C)cc1. The van der Waals surface area contributed by atoms with Crippen LogP contribution in [0.3, 0.4) is 0 Å². The van der Waals surface area contributed by atoms with Crippen molar-refractivity contribution in [3.63, 3.8) is 0 Å². The lowest BCUT2D eigenvalue weighted by atomic mass is 10.2. The fourth-order valence-corrected chi connectivity index (χ4v) is 2.41. The van der Waals surface area contributed by atoms with E-state index in [1.165, 1.54) is 0 Å². The van der Waals surface area contributed by atoms with Gasteiger partial charge in [0.15, 0.2) is 5.69 Å². The Morgan fingerprint density at radius 3 is 2.54 bits per heavy atom. The first-order chi connectivity index (χ1) is 12.5. The summed E-state index contributed by atoms with van der Waals surface area (Å²) in [7, 11) is 0. The summed E-state index contributed by atoms with van der Waals surface area (Å²) in [5.41, 5.74) is 3.11. The topological polar surface area (TPSA) is 88.9 Å². The Morgan fingerprint density at radius 1 is 1.08 bits per heavy atom. The molecule has 0 saturated heterocycles. The third-order valence-corrected chi connectivity index (χ3v) is 3.74. The normalized spacial score (nSPS) is 10.4. The molecule has 0 radical (unpaired) electrons. The molecule has 2 N–H and O–H groups in total. The first kappa shape index (κ1) is 17.3. The second kappa shape index (κ2) is 7.60. The smallest absolute Gasteiger partial charge is 0.272 e. The number of aryl methyl sites for hydroxylation is 2. The molecule has 3 rings (SSSR count). The molecule has 0 atom stereocenters. The third kappa shape index (κ3) is 4.13. The van der Waals surface area contributed by atoms with E-state index >= 15 is 0 Å². The van der Waals surface area contributed by atoms with Crippen molar-refractivity contribution in [1.82, 2.24) is 20.1 Å². The fraction of sp³-hybridized carbons (Fsp3) is 0.158. The number of carbonyl (C=O) groups is 2. The number of anilines is 1. The lowest BCUT2D eigenvalue weighted by Crippen LogP contribution is -2.33. The lowest BCUT2D eigenvalue weighted by molar-refractivity contribution is -0.115. The van der Waals surface area contributed by atoms with E-state index in [9.17, 15) is 9.59 Å². The first-order valence-corrected chi connectivity index (χ1v) is 8.16. The van der Waals surface area contributed by atoms with Crippen molar-refractivity contribution in [2.75, 3.05) is 11.9 Å². The Kier molecular flexibility index (Phi) is 5.07. The Hall–Kier alpha value is -3.48. The fourth-order valence-electron chi connectivity index (χ4n) is 2.41. The van der Waals surface area contributed by atoms with E-state index in [2.05, 4.69) is 20.7 Å². The van der Waals surface area contributed by atoms with Gasteiger partial charge in [0, 0.05) is 11.9 Å². The molecule has 0 spiro atoms. The Bertz CT molecular complexity index is 917. The number of carbonyl (C=O) groups excluding carboxylic acids is 2. The van der Waals surface area contributed by atoms with Crippen LogP contribution in [-0.2, 0) is 4.79 Å². The lowest BCUT2D eigenvalue weighted by Gasteiger charge is -2.05. The summed E-state index contributed by atoms with van der Waals surface area (Å²) in [6.45, 7) is 3.72. The van der Waals surface area contributed by atoms with Crippen LogP contribution in [0.1, 0.15) is 21.7 Å². The molecule has 2 heterocycles. The van der Waals surface area contributed by atoms with Gasteiger partial charge in [0.25, 0.3) is 5.91 Å². The van der Waals surface area contributed by atoms with Gasteiger partial charge in [-0.1, -0.05) is 23.8 Å². The van der Waals surface area contributed by atoms with Crippen LogP contribution < -0.4 is 10.6 Å². The van der Waals surface area contributed by atoms with E-state index in [0.29, 0.717) is 5.82 Å². The van der Waals surface area contributed by atoms with Crippen LogP contribution in [-0.4, -0.2) is 33.1 Å². The van der Waals surface area contributed by atoms with Crippen LogP contribution in [0.15, 0.2) is 54.7 Å². The maximum absolute atomic E-state index is 12.3. The van der Waals surface area contributed by atoms with E-state index in [0.717, 1.165) is 16.9 Å². The van der Waals surface area contributed by atoms with Gasteiger partial charge in [-0.25, -0.2) is 9.67 Å². The molecule has 132 valence electrons. The molecule has 0 aliphatic carbocycles. The quantitative estimate of drug-likeness (QED) is 0.739. The summed E-state index contributed by atoms with van der Waals surface area (Å²) in [6, 6.07) is 14.7. The van der Waals surface area contributed by atoms with Crippen molar-refractivity contribution in [3.8, 4) is 5.69 Å². The molecule has 0 aliphatic rings. The maximum Gasteiger partial charge on any atom is 0.272 e. The molecular weight excluding hydrogens is 330 g/mol. The highest BCUT2D eigenvalue weighted by Gasteiger charge is 2.14. The van der Waals surface area contributed by atoms with Gasteiger partial charge in [-0.05, 0) is 44.2 Å². The van der Waals surface area contributed by atoms with Crippen LogP contribution in [0.2, 0.25) is 0 Å². The molecule has 7 nitrogen and oxygen atoms in total. The van der Waals surface area contributed by atoms with E-state index in [4.69, 9.17) is 0 Å². The first-order valence-electron chi connectivity index (χ1n) is 8.16. The number of nitrogens with zero attached hydrogens (tertiary/aromatic N) is 3. The van der Waals surface area contributed by atoms with Crippen molar-refractivity contribution in [2.45, 2.75) is 13.8 Å². The van der Waals surface area contributed by atoms with Gasteiger partial charge < -0.3 is 10.6 Å². The summed E-state index contributed by atoms with van der Waals surface area (Å²) >= 11 is 0. The van der Waals surface area contributed by atoms with Crippen LogP contribution in [0, 0.1) is 13.8 Å². The van der Waals surface area contributed by atoms with E-state index in [1.54, 1.807) is 35.1 Å². The minimum atomic E-state index is -0.407. The van der Waals surface area contributed by atoms with Crippen LogP contribution in [0.4, 0.5) is 5.82 Å². The zero-order valence-electron chi connectivity index (χ0n) is 14.6. The summed E-state index contributed by atoms with van der Waals surface area (Å²) in [4.78, 5) is 28.2. The van der Waals surface area contributed by atoms with E-state index < -0.39 is 5.91 Å². The average molecular weight is 349 g/mol. The van der Waals surface area contributed by atoms with Crippen molar-refractivity contribution in [1.29, 1.82) is 0 Å².